The van der Waals surface area contributed by atoms with Crippen molar-refractivity contribution >= 4 is 17.5 Å². The van der Waals surface area contributed by atoms with Gasteiger partial charge in [-0.2, -0.15) is 0 Å². The van der Waals surface area contributed by atoms with E-state index in [0.29, 0.717) is 25.3 Å². The van der Waals surface area contributed by atoms with Crippen molar-refractivity contribution in [2.75, 3.05) is 25.6 Å². The molecule has 138 valence electrons. The molecule has 0 atom stereocenters. The van der Waals surface area contributed by atoms with Crippen LogP contribution in [0.1, 0.15) is 18.9 Å². The van der Waals surface area contributed by atoms with Gasteiger partial charge in [-0.1, -0.05) is 18.2 Å². The SMILES string of the molecule is CCOc1ccc(NC(=O)CC(=O)NCCc2ccccc2OC)cc1. The molecule has 2 amide bonds. The van der Waals surface area contributed by atoms with Gasteiger partial charge in [0.2, 0.25) is 11.8 Å². The molecular weight excluding hydrogens is 332 g/mol. The van der Waals surface area contributed by atoms with E-state index in [1.54, 1.807) is 31.4 Å². The molecule has 0 heterocycles. The zero-order chi connectivity index (χ0) is 18.8. The van der Waals surface area contributed by atoms with E-state index < -0.39 is 0 Å². The molecule has 0 spiro atoms. The maximum atomic E-state index is 11.9. The Bertz CT molecular complexity index is 729. The third-order valence-corrected chi connectivity index (χ3v) is 3.68. The summed E-state index contributed by atoms with van der Waals surface area (Å²) in [5, 5.41) is 5.44. The number of amides is 2. The third-order valence-electron chi connectivity index (χ3n) is 3.68. The minimum absolute atomic E-state index is 0.223. The van der Waals surface area contributed by atoms with Crippen molar-refractivity contribution in [1.29, 1.82) is 0 Å². The lowest BCUT2D eigenvalue weighted by molar-refractivity contribution is -0.126. The molecule has 2 N–H and O–H groups in total. The van der Waals surface area contributed by atoms with Crippen LogP contribution in [0.3, 0.4) is 0 Å². The van der Waals surface area contributed by atoms with Gasteiger partial charge in [0.05, 0.1) is 13.7 Å². The Labute approximate surface area is 153 Å². The zero-order valence-electron chi connectivity index (χ0n) is 15.1. The Hall–Kier alpha value is -3.02. The normalized spacial score (nSPS) is 10.1. The molecular formula is C20H24N2O4. The standard InChI is InChI=1S/C20H24N2O4/c1-3-26-17-10-8-16(9-11-17)22-20(24)14-19(23)21-13-12-15-6-4-5-7-18(15)25-2/h4-11H,3,12-14H2,1-2H3,(H,21,23)(H,22,24). The number of nitrogens with one attached hydrogen (secondary N) is 2. The zero-order valence-corrected chi connectivity index (χ0v) is 15.1. The lowest BCUT2D eigenvalue weighted by atomic mass is 10.1. The number of hydrogen-bond acceptors (Lipinski definition) is 4. The van der Waals surface area contributed by atoms with Gasteiger partial charge >= 0.3 is 0 Å². The second kappa shape index (κ2) is 10.1. The molecule has 0 unspecified atom stereocenters. The van der Waals surface area contributed by atoms with Crippen molar-refractivity contribution in [2.45, 2.75) is 19.8 Å². The van der Waals surface area contributed by atoms with Crippen molar-refractivity contribution in [2.24, 2.45) is 0 Å². The summed E-state index contributed by atoms with van der Waals surface area (Å²) in [5.41, 5.74) is 1.63. The van der Waals surface area contributed by atoms with Crippen LogP contribution >= 0.6 is 0 Å². The number of anilines is 1. The van der Waals surface area contributed by atoms with Crippen LogP contribution in [0.5, 0.6) is 11.5 Å². The fourth-order valence-electron chi connectivity index (χ4n) is 2.46. The monoisotopic (exact) mass is 356 g/mol. The summed E-state index contributed by atoms with van der Waals surface area (Å²) in [5.74, 6) is 0.849. The lowest BCUT2D eigenvalue weighted by Gasteiger charge is -2.09. The first-order valence-corrected chi connectivity index (χ1v) is 8.53. The second-order valence-electron chi connectivity index (χ2n) is 5.59. The third kappa shape index (κ3) is 6.12. The number of carbonyl (C=O) groups excluding carboxylic acids is 2. The highest BCUT2D eigenvalue weighted by atomic mass is 16.5. The van der Waals surface area contributed by atoms with Crippen LogP contribution in [0, 0.1) is 0 Å². The molecule has 2 aromatic rings. The summed E-state index contributed by atoms with van der Waals surface area (Å²) in [6, 6.07) is 14.7. The highest BCUT2D eigenvalue weighted by Gasteiger charge is 2.10. The highest BCUT2D eigenvalue weighted by Crippen LogP contribution is 2.17. The quantitative estimate of drug-likeness (QED) is 0.678. The largest absolute Gasteiger partial charge is 0.496 e. The Morgan fingerprint density at radius 3 is 2.42 bits per heavy atom. The van der Waals surface area contributed by atoms with Crippen LogP contribution in [0.2, 0.25) is 0 Å². The number of carbonyl (C=O) groups is 2. The van der Waals surface area contributed by atoms with Gasteiger partial charge in [-0.25, -0.2) is 0 Å². The van der Waals surface area contributed by atoms with Crippen LogP contribution in [-0.4, -0.2) is 32.1 Å². The van der Waals surface area contributed by atoms with Gasteiger partial charge in [-0.05, 0) is 49.2 Å². The summed E-state index contributed by atoms with van der Waals surface area (Å²) < 4.78 is 10.6. The first-order chi connectivity index (χ1) is 12.6. The Morgan fingerprint density at radius 2 is 1.73 bits per heavy atom. The minimum atomic E-state index is -0.357. The molecule has 2 rings (SSSR count). The summed E-state index contributed by atoms with van der Waals surface area (Å²) in [6.45, 7) is 2.93. The second-order valence-corrected chi connectivity index (χ2v) is 5.59. The molecule has 0 radical (unpaired) electrons. The van der Waals surface area contributed by atoms with Gasteiger partial charge < -0.3 is 20.1 Å². The van der Waals surface area contributed by atoms with Gasteiger partial charge in [0, 0.05) is 12.2 Å². The van der Waals surface area contributed by atoms with Gasteiger partial charge in [0.1, 0.15) is 17.9 Å². The molecule has 6 heteroatoms. The van der Waals surface area contributed by atoms with Crippen LogP contribution in [0.15, 0.2) is 48.5 Å². The maximum absolute atomic E-state index is 11.9. The fourth-order valence-corrected chi connectivity index (χ4v) is 2.46. The predicted octanol–water partition coefficient (Wildman–Crippen LogP) is 2.78. The van der Waals surface area contributed by atoms with E-state index in [2.05, 4.69) is 10.6 Å². The van der Waals surface area contributed by atoms with E-state index in [-0.39, 0.29) is 18.2 Å². The van der Waals surface area contributed by atoms with Crippen LogP contribution in [-0.2, 0) is 16.0 Å². The van der Waals surface area contributed by atoms with Gasteiger partial charge in [0.15, 0.2) is 0 Å². The molecule has 26 heavy (non-hydrogen) atoms. The first-order valence-electron chi connectivity index (χ1n) is 8.53. The van der Waals surface area contributed by atoms with E-state index in [9.17, 15) is 9.59 Å². The number of methoxy groups -OCH3 is 1. The summed E-state index contributed by atoms with van der Waals surface area (Å²) in [6.07, 6.45) is 0.412. The molecule has 0 saturated carbocycles. The highest BCUT2D eigenvalue weighted by molar-refractivity contribution is 6.03. The number of ether oxygens (including phenoxy) is 2. The molecule has 0 bridgehead atoms. The van der Waals surface area contributed by atoms with Crippen molar-refractivity contribution in [3.63, 3.8) is 0 Å². The van der Waals surface area contributed by atoms with Crippen molar-refractivity contribution in [3.05, 3.63) is 54.1 Å². The summed E-state index contributed by atoms with van der Waals surface area (Å²) >= 11 is 0. The summed E-state index contributed by atoms with van der Waals surface area (Å²) in [7, 11) is 1.61. The van der Waals surface area contributed by atoms with E-state index in [0.717, 1.165) is 17.1 Å². The Kier molecular flexibility index (Phi) is 7.49. The molecule has 6 nitrogen and oxygen atoms in total. The van der Waals surface area contributed by atoms with E-state index in [1.807, 2.05) is 31.2 Å². The van der Waals surface area contributed by atoms with E-state index in [4.69, 9.17) is 9.47 Å². The van der Waals surface area contributed by atoms with Gasteiger partial charge in [-0.15, -0.1) is 0 Å². The average Bonchev–Trinajstić information content (AvgIpc) is 2.64. The van der Waals surface area contributed by atoms with Crippen LogP contribution < -0.4 is 20.1 Å². The minimum Gasteiger partial charge on any atom is -0.496 e. The van der Waals surface area contributed by atoms with Crippen molar-refractivity contribution in [3.8, 4) is 11.5 Å². The molecule has 0 aromatic heterocycles. The van der Waals surface area contributed by atoms with Crippen molar-refractivity contribution in [1.82, 2.24) is 5.32 Å². The van der Waals surface area contributed by atoms with Gasteiger partial charge in [-0.3, -0.25) is 9.59 Å². The van der Waals surface area contributed by atoms with Crippen molar-refractivity contribution < 1.29 is 19.1 Å². The molecule has 0 saturated heterocycles. The fraction of sp³-hybridized carbons (Fsp3) is 0.300. The number of rotatable bonds is 9. The number of hydrogen-bond donors (Lipinski definition) is 2. The predicted molar refractivity (Wildman–Crippen MR) is 101 cm³/mol. The molecule has 2 aromatic carbocycles. The van der Waals surface area contributed by atoms with E-state index in [1.165, 1.54) is 0 Å². The van der Waals surface area contributed by atoms with E-state index >= 15 is 0 Å². The Balaban J connectivity index is 1.74. The van der Waals surface area contributed by atoms with Crippen LogP contribution in [0.4, 0.5) is 5.69 Å². The molecule has 0 aliphatic heterocycles. The maximum Gasteiger partial charge on any atom is 0.233 e. The first kappa shape index (κ1) is 19.3. The van der Waals surface area contributed by atoms with Crippen LogP contribution in [0.25, 0.3) is 0 Å². The molecule has 0 fully saturated rings. The molecule has 0 aliphatic carbocycles. The summed E-state index contributed by atoms with van der Waals surface area (Å²) in [4.78, 5) is 23.8. The number of benzene rings is 2. The number of para-hydroxylation sites is 1. The topological polar surface area (TPSA) is 76.7 Å². The molecule has 0 aliphatic rings. The lowest BCUT2D eigenvalue weighted by Crippen LogP contribution is -2.29. The van der Waals surface area contributed by atoms with Gasteiger partial charge in [0.25, 0.3) is 0 Å². The Morgan fingerprint density at radius 1 is 1.00 bits per heavy atom. The average molecular weight is 356 g/mol. The smallest absolute Gasteiger partial charge is 0.233 e.